The van der Waals surface area contributed by atoms with Crippen LogP contribution in [-0.2, 0) is 33.7 Å². The maximum Gasteiger partial charge on any atom is 0.415 e. The summed E-state index contributed by atoms with van der Waals surface area (Å²) in [7, 11) is 1.38. The lowest BCUT2D eigenvalue weighted by atomic mass is 10.0. The van der Waals surface area contributed by atoms with Gasteiger partial charge in [0.1, 0.15) is 17.9 Å². The summed E-state index contributed by atoms with van der Waals surface area (Å²) >= 11 is 0. The van der Waals surface area contributed by atoms with Gasteiger partial charge in [-0.3, -0.25) is 9.69 Å². The third kappa shape index (κ3) is 5.93. The molecule has 0 bridgehead atoms. The highest BCUT2D eigenvalue weighted by molar-refractivity contribution is 5.92. The van der Waals surface area contributed by atoms with Crippen LogP contribution in [0, 0.1) is 6.92 Å². The summed E-state index contributed by atoms with van der Waals surface area (Å²) in [4.78, 5) is 42.4. The molecule has 1 aromatic carbocycles. The van der Waals surface area contributed by atoms with Gasteiger partial charge in [-0.25, -0.2) is 19.7 Å². The minimum atomic E-state index is -0.612. The molecule has 0 atom stereocenters. The van der Waals surface area contributed by atoms with E-state index >= 15 is 0 Å². The van der Waals surface area contributed by atoms with E-state index in [0.29, 0.717) is 37.2 Å². The zero-order chi connectivity index (χ0) is 28.4. The maximum atomic E-state index is 13.0. The van der Waals surface area contributed by atoms with Gasteiger partial charge >= 0.3 is 12.1 Å². The molecule has 0 radical (unpaired) electrons. The van der Waals surface area contributed by atoms with Crippen molar-refractivity contribution < 1.29 is 23.8 Å². The Bertz CT molecular complexity index is 1440. The van der Waals surface area contributed by atoms with Crippen molar-refractivity contribution in [3.05, 3.63) is 59.0 Å². The number of nitrogens with one attached hydrogen (secondary N) is 1. The van der Waals surface area contributed by atoms with Crippen LogP contribution in [0.15, 0.2) is 36.7 Å². The Balaban J connectivity index is 1.37. The van der Waals surface area contributed by atoms with Gasteiger partial charge in [-0.15, -0.1) is 0 Å². The Labute approximate surface area is 233 Å². The van der Waals surface area contributed by atoms with Crippen molar-refractivity contribution in [2.24, 2.45) is 0 Å². The number of carbonyl (C=O) groups excluding carboxylic acids is 2. The largest absolute Gasteiger partial charge is 0.474 e. The average Bonchev–Trinajstić information content (AvgIpc) is 2.92. The number of rotatable bonds is 5. The Morgan fingerprint density at radius 3 is 2.75 bits per heavy atom. The number of pyridine rings is 1. The number of ether oxygens (including phenoxy) is 3. The van der Waals surface area contributed by atoms with Gasteiger partial charge in [-0.2, -0.15) is 0 Å². The fourth-order valence-electron chi connectivity index (χ4n) is 4.84. The third-order valence-corrected chi connectivity index (χ3v) is 6.73. The summed E-state index contributed by atoms with van der Waals surface area (Å²) in [5.41, 5.74) is 5.45. The number of aromatic nitrogens is 3. The first-order valence-electron chi connectivity index (χ1n) is 13.3. The molecular formula is C29H34N6O5. The van der Waals surface area contributed by atoms with Gasteiger partial charge in [0.05, 0.1) is 44.2 Å². The molecule has 0 unspecified atom stereocenters. The van der Waals surface area contributed by atoms with Crippen LogP contribution in [0.3, 0.4) is 0 Å². The minimum Gasteiger partial charge on any atom is -0.474 e. The van der Waals surface area contributed by atoms with Gasteiger partial charge in [0.2, 0.25) is 11.8 Å². The van der Waals surface area contributed by atoms with Gasteiger partial charge in [0, 0.05) is 24.0 Å². The Hall–Kier alpha value is -4.41. The van der Waals surface area contributed by atoms with Gasteiger partial charge in [0.25, 0.3) is 0 Å². The molecule has 2 aliphatic heterocycles. The molecule has 0 aliphatic carbocycles. The van der Waals surface area contributed by atoms with Crippen LogP contribution in [0.25, 0.3) is 0 Å². The number of hydrogen-bond donors (Lipinski definition) is 1. The molecule has 1 N–H and O–H groups in total. The van der Waals surface area contributed by atoms with Crippen molar-refractivity contribution in [1.29, 1.82) is 0 Å². The summed E-state index contributed by atoms with van der Waals surface area (Å²) in [5.74, 6) is 0.606. The molecule has 2 aliphatic rings. The molecule has 11 nitrogen and oxygen atoms in total. The number of fused-ring (bicyclic) bond motifs is 2. The fraction of sp³-hybridized carbons (Fsp3) is 0.414. The van der Waals surface area contributed by atoms with E-state index in [9.17, 15) is 9.59 Å². The van der Waals surface area contributed by atoms with Crippen molar-refractivity contribution >= 4 is 35.1 Å². The van der Waals surface area contributed by atoms with E-state index in [0.717, 1.165) is 46.7 Å². The van der Waals surface area contributed by atoms with Crippen LogP contribution < -0.4 is 19.9 Å². The molecule has 3 aromatic rings. The highest BCUT2D eigenvalue weighted by Gasteiger charge is 2.32. The van der Waals surface area contributed by atoms with Crippen LogP contribution >= 0.6 is 0 Å². The second kappa shape index (κ2) is 11.0. The van der Waals surface area contributed by atoms with E-state index in [2.05, 4.69) is 20.2 Å². The predicted octanol–water partition coefficient (Wildman–Crippen LogP) is 4.34. The third-order valence-electron chi connectivity index (χ3n) is 6.73. The minimum absolute atomic E-state index is 0.191. The van der Waals surface area contributed by atoms with E-state index in [1.54, 1.807) is 11.1 Å². The fourth-order valence-corrected chi connectivity index (χ4v) is 4.84. The maximum absolute atomic E-state index is 13.0. The Morgan fingerprint density at radius 2 is 1.98 bits per heavy atom. The Morgan fingerprint density at radius 1 is 1.15 bits per heavy atom. The zero-order valence-electron chi connectivity index (χ0n) is 23.5. The number of anilines is 4. The number of benzene rings is 1. The number of carbonyl (C=O) groups is 2. The summed E-state index contributed by atoms with van der Waals surface area (Å²) in [5, 5.41) is 3.25. The molecule has 0 saturated heterocycles. The quantitative estimate of drug-likeness (QED) is 0.463. The second-order valence-corrected chi connectivity index (χ2v) is 10.8. The van der Waals surface area contributed by atoms with Gasteiger partial charge in [-0.05, 0) is 57.4 Å². The smallest absolute Gasteiger partial charge is 0.415 e. The highest BCUT2D eigenvalue weighted by atomic mass is 16.6. The standard InChI is InChI=1S/C29H34N6O5/c1-18-23(16-30-26-25(18)35(11-12-39-26)28(37)40-29(2,3)4)34-10-9-20-15-31-27(33-22(20)17-34)32-21-8-6-7-19(13-21)14-24(36)38-5/h6-8,13,15-16H,9-12,14,17H2,1-5H3,(H,31,32,33). The van der Waals surface area contributed by atoms with Gasteiger partial charge in [0.15, 0.2) is 0 Å². The van der Waals surface area contributed by atoms with Crippen LogP contribution in [0.4, 0.5) is 27.8 Å². The van der Waals surface area contributed by atoms with Crippen LogP contribution in [0.2, 0.25) is 0 Å². The molecule has 40 heavy (non-hydrogen) atoms. The number of hydrogen-bond acceptors (Lipinski definition) is 10. The molecule has 5 rings (SSSR count). The van der Waals surface area contributed by atoms with E-state index in [4.69, 9.17) is 19.2 Å². The molecule has 1 amide bonds. The van der Waals surface area contributed by atoms with Crippen molar-refractivity contribution in [1.82, 2.24) is 15.0 Å². The second-order valence-electron chi connectivity index (χ2n) is 10.8. The molecular weight excluding hydrogens is 512 g/mol. The van der Waals surface area contributed by atoms with E-state index in [-0.39, 0.29) is 12.4 Å². The van der Waals surface area contributed by atoms with E-state index in [1.165, 1.54) is 7.11 Å². The van der Waals surface area contributed by atoms with Crippen LogP contribution in [-0.4, -0.2) is 59.4 Å². The molecule has 2 aromatic heterocycles. The lowest BCUT2D eigenvalue weighted by molar-refractivity contribution is -0.139. The monoisotopic (exact) mass is 546 g/mol. The highest BCUT2D eigenvalue weighted by Crippen LogP contribution is 2.39. The number of esters is 1. The average molecular weight is 547 g/mol. The summed E-state index contributed by atoms with van der Waals surface area (Å²) in [6.45, 7) is 9.59. The topological polar surface area (TPSA) is 119 Å². The van der Waals surface area contributed by atoms with Crippen LogP contribution in [0.1, 0.15) is 43.2 Å². The zero-order valence-corrected chi connectivity index (χ0v) is 23.5. The number of nitrogens with zero attached hydrogens (tertiary/aromatic N) is 5. The normalized spacial score (nSPS) is 14.5. The lowest BCUT2D eigenvalue weighted by Crippen LogP contribution is -2.42. The lowest BCUT2D eigenvalue weighted by Gasteiger charge is -2.35. The first-order valence-corrected chi connectivity index (χ1v) is 13.3. The van der Waals surface area contributed by atoms with Crippen molar-refractivity contribution in [3.63, 3.8) is 0 Å². The molecule has 4 heterocycles. The molecule has 11 heteroatoms. The van der Waals surface area contributed by atoms with Gasteiger partial charge in [-0.1, -0.05) is 12.1 Å². The molecule has 210 valence electrons. The van der Waals surface area contributed by atoms with Crippen LogP contribution in [0.5, 0.6) is 5.88 Å². The first kappa shape index (κ1) is 27.2. The van der Waals surface area contributed by atoms with Crippen molar-refractivity contribution in [2.75, 3.05) is 41.9 Å². The summed E-state index contributed by atoms with van der Waals surface area (Å²) < 4.78 is 16.2. The predicted molar refractivity (Wildman–Crippen MR) is 150 cm³/mol. The molecule has 0 saturated carbocycles. The SMILES string of the molecule is COC(=O)Cc1cccc(Nc2ncc3c(n2)CN(c2cnc4c(c2C)N(C(=O)OC(C)(C)C)CCO4)CC3)c1. The number of methoxy groups -OCH3 is 1. The molecule has 0 fully saturated rings. The van der Waals surface area contributed by atoms with E-state index in [1.807, 2.05) is 58.2 Å². The summed E-state index contributed by atoms with van der Waals surface area (Å²) in [6.07, 6.45) is 4.20. The van der Waals surface area contributed by atoms with E-state index < -0.39 is 11.7 Å². The number of amides is 1. The summed E-state index contributed by atoms with van der Waals surface area (Å²) in [6, 6.07) is 7.53. The van der Waals surface area contributed by atoms with Crippen molar-refractivity contribution in [2.45, 2.75) is 52.7 Å². The molecule has 0 spiro atoms. The van der Waals surface area contributed by atoms with Crippen molar-refractivity contribution in [3.8, 4) is 5.88 Å². The van der Waals surface area contributed by atoms with Gasteiger partial charge < -0.3 is 24.4 Å². The first-order chi connectivity index (χ1) is 19.1. The Kier molecular flexibility index (Phi) is 7.46.